The molecule has 1 aromatic heterocycles. The lowest BCUT2D eigenvalue weighted by Gasteiger charge is -2.19. The number of aromatic nitrogens is 1. The van der Waals surface area contributed by atoms with Gasteiger partial charge in [-0.15, -0.1) is 0 Å². The SMILES string of the molecule is COc1ccc(-c2ccc(CO)c(=O)n2C(C)C)c(OC)c1. The van der Waals surface area contributed by atoms with Gasteiger partial charge in [-0.2, -0.15) is 0 Å². The van der Waals surface area contributed by atoms with Gasteiger partial charge in [-0.25, -0.2) is 0 Å². The summed E-state index contributed by atoms with van der Waals surface area (Å²) in [5, 5.41) is 9.30. The van der Waals surface area contributed by atoms with Crippen LogP contribution in [0.15, 0.2) is 35.1 Å². The molecule has 2 rings (SSSR count). The predicted octanol–water partition coefficient (Wildman–Crippen LogP) is 2.61. The van der Waals surface area contributed by atoms with Crippen LogP contribution in [0, 0.1) is 0 Å². The van der Waals surface area contributed by atoms with Crippen molar-refractivity contribution in [2.45, 2.75) is 26.5 Å². The van der Waals surface area contributed by atoms with Crippen LogP contribution in [0.25, 0.3) is 11.3 Å². The highest BCUT2D eigenvalue weighted by Gasteiger charge is 2.16. The molecule has 0 spiro atoms. The zero-order valence-electron chi connectivity index (χ0n) is 13.3. The van der Waals surface area contributed by atoms with Gasteiger partial charge < -0.3 is 19.1 Å². The normalized spacial score (nSPS) is 10.8. The van der Waals surface area contributed by atoms with Gasteiger partial charge in [0, 0.05) is 23.2 Å². The van der Waals surface area contributed by atoms with Crippen LogP contribution < -0.4 is 15.0 Å². The van der Waals surface area contributed by atoms with Gasteiger partial charge in [0.25, 0.3) is 5.56 Å². The third-order valence-electron chi connectivity index (χ3n) is 3.57. The number of aliphatic hydroxyl groups is 1. The Morgan fingerprint density at radius 3 is 2.41 bits per heavy atom. The fourth-order valence-corrected chi connectivity index (χ4v) is 2.46. The first kappa shape index (κ1) is 16.1. The summed E-state index contributed by atoms with van der Waals surface area (Å²) in [5.41, 5.74) is 1.74. The van der Waals surface area contributed by atoms with E-state index in [9.17, 15) is 9.90 Å². The summed E-state index contributed by atoms with van der Waals surface area (Å²) in [6, 6.07) is 8.92. The first-order chi connectivity index (χ1) is 10.5. The van der Waals surface area contributed by atoms with E-state index in [2.05, 4.69) is 0 Å². The summed E-state index contributed by atoms with van der Waals surface area (Å²) in [7, 11) is 3.17. The number of benzene rings is 1. The average molecular weight is 303 g/mol. The zero-order valence-corrected chi connectivity index (χ0v) is 13.3. The highest BCUT2D eigenvalue weighted by atomic mass is 16.5. The first-order valence-electron chi connectivity index (χ1n) is 7.11. The van der Waals surface area contributed by atoms with Crippen LogP contribution >= 0.6 is 0 Å². The van der Waals surface area contributed by atoms with E-state index in [-0.39, 0.29) is 18.2 Å². The minimum Gasteiger partial charge on any atom is -0.497 e. The number of hydrogen-bond acceptors (Lipinski definition) is 4. The molecule has 0 unspecified atom stereocenters. The van der Waals surface area contributed by atoms with Crippen molar-refractivity contribution in [1.82, 2.24) is 4.57 Å². The summed E-state index contributed by atoms with van der Waals surface area (Å²) in [4.78, 5) is 12.5. The molecule has 0 aliphatic carbocycles. The number of nitrogens with zero attached hydrogens (tertiary/aromatic N) is 1. The standard InChI is InChI=1S/C17H21NO4/c1-11(2)18-15(8-5-12(10-19)17(18)20)14-7-6-13(21-3)9-16(14)22-4/h5-9,11,19H,10H2,1-4H3. The molecule has 22 heavy (non-hydrogen) atoms. The second kappa shape index (κ2) is 6.66. The lowest BCUT2D eigenvalue weighted by atomic mass is 10.1. The highest BCUT2D eigenvalue weighted by Crippen LogP contribution is 2.33. The number of ether oxygens (including phenoxy) is 2. The van der Waals surface area contributed by atoms with Gasteiger partial charge in [-0.05, 0) is 38.1 Å². The highest BCUT2D eigenvalue weighted by molar-refractivity contribution is 5.69. The van der Waals surface area contributed by atoms with Crippen LogP contribution in [0.1, 0.15) is 25.5 Å². The Morgan fingerprint density at radius 2 is 1.86 bits per heavy atom. The largest absolute Gasteiger partial charge is 0.497 e. The minimum absolute atomic E-state index is 0.0409. The van der Waals surface area contributed by atoms with Crippen molar-refractivity contribution in [1.29, 1.82) is 0 Å². The Kier molecular flexibility index (Phi) is 4.88. The van der Waals surface area contributed by atoms with Crippen LogP contribution in [0.4, 0.5) is 0 Å². The van der Waals surface area contributed by atoms with Crippen molar-refractivity contribution in [2.24, 2.45) is 0 Å². The van der Waals surface area contributed by atoms with Crippen LogP contribution in [0.3, 0.4) is 0 Å². The van der Waals surface area contributed by atoms with Crippen molar-refractivity contribution < 1.29 is 14.6 Å². The van der Waals surface area contributed by atoms with Crippen molar-refractivity contribution in [3.63, 3.8) is 0 Å². The Balaban J connectivity index is 2.72. The first-order valence-corrected chi connectivity index (χ1v) is 7.11. The van der Waals surface area contributed by atoms with E-state index < -0.39 is 0 Å². The summed E-state index contributed by atoms with van der Waals surface area (Å²) in [5.74, 6) is 1.32. The number of aliphatic hydroxyl groups excluding tert-OH is 1. The van der Waals surface area contributed by atoms with Crippen LogP contribution in [-0.4, -0.2) is 23.9 Å². The maximum Gasteiger partial charge on any atom is 0.256 e. The monoisotopic (exact) mass is 303 g/mol. The third kappa shape index (κ3) is 2.85. The van der Waals surface area contributed by atoms with E-state index in [1.54, 1.807) is 30.9 Å². The van der Waals surface area contributed by atoms with Gasteiger partial charge in [0.2, 0.25) is 0 Å². The van der Waals surface area contributed by atoms with E-state index in [0.29, 0.717) is 17.1 Å². The number of hydrogen-bond donors (Lipinski definition) is 1. The molecular weight excluding hydrogens is 282 g/mol. The second-order valence-corrected chi connectivity index (χ2v) is 5.24. The molecule has 1 heterocycles. The van der Waals surface area contributed by atoms with Crippen LogP contribution in [-0.2, 0) is 6.61 Å². The average Bonchev–Trinajstić information content (AvgIpc) is 2.53. The van der Waals surface area contributed by atoms with Crippen molar-refractivity contribution >= 4 is 0 Å². The molecule has 118 valence electrons. The summed E-state index contributed by atoms with van der Waals surface area (Å²) >= 11 is 0. The maximum absolute atomic E-state index is 12.5. The lowest BCUT2D eigenvalue weighted by Crippen LogP contribution is -2.26. The zero-order chi connectivity index (χ0) is 16.3. The van der Waals surface area contributed by atoms with Gasteiger partial charge in [0.05, 0.1) is 26.5 Å². The van der Waals surface area contributed by atoms with E-state index in [4.69, 9.17) is 9.47 Å². The molecule has 0 aliphatic rings. The van der Waals surface area contributed by atoms with E-state index in [0.717, 1.165) is 11.3 Å². The molecule has 0 aliphatic heterocycles. The Morgan fingerprint density at radius 1 is 1.14 bits per heavy atom. The molecule has 0 saturated heterocycles. The number of pyridine rings is 1. The molecule has 0 fully saturated rings. The van der Waals surface area contributed by atoms with Crippen molar-refractivity contribution in [2.75, 3.05) is 14.2 Å². The van der Waals surface area contributed by atoms with Gasteiger partial charge >= 0.3 is 0 Å². The molecule has 0 bridgehead atoms. The quantitative estimate of drug-likeness (QED) is 0.922. The Bertz CT molecular complexity index is 719. The maximum atomic E-state index is 12.5. The Hall–Kier alpha value is -2.27. The lowest BCUT2D eigenvalue weighted by molar-refractivity contribution is 0.279. The van der Waals surface area contributed by atoms with Crippen molar-refractivity contribution in [3.05, 3.63) is 46.2 Å². The summed E-state index contributed by atoms with van der Waals surface area (Å²) in [6.07, 6.45) is 0. The molecule has 0 radical (unpaired) electrons. The molecule has 1 aromatic carbocycles. The van der Waals surface area contributed by atoms with Crippen LogP contribution in [0.2, 0.25) is 0 Å². The van der Waals surface area contributed by atoms with E-state index in [1.807, 2.05) is 32.0 Å². The van der Waals surface area contributed by atoms with Crippen LogP contribution in [0.5, 0.6) is 11.5 Å². The van der Waals surface area contributed by atoms with E-state index in [1.165, 1.54) is 0 Å². The molecule has 0 atom stereocenters. The topological polar surface area (TPSA) is 60.7 Å². The third-order valence-corrected chi connectivity index (χ3v) is 3.57. The fraction of sp³-hybridized carbons (Fsp3) is 0.353. The second-order valence-electron chi connectivity index (χ2n) is 5.24. The molecule has 2 aromatic rings. The van der Waals surface area contributed by atoms with Gasteiger partial charge in [0.1, 0.15) is 11.5 Å². The molecule has 5 heteroatoms. The molecule has 0 amide bonds. The van der Waals surface area contributed by atoms with Gasteiger partial charge in [-0.1, -0.05) is 0 Å². The predicted molar refractivity (Wildman–Crippen MR) is 85.5 cm³/mol. The molecular formula is C17H21NO4. The van der Waals surface area contributed by atoms with Gasteiger partial charge in [0.15, 0.2) is 0 Å². The Labute approximate surface area is 129 Å². The van der Waals surface area contributed by atoms with Crippen molar-refractivity contribution in [3.8, 4) is 22.8 Å². The smallest absolute Gasteiger partial charge is 0.256 e. The molecule has 1 N–H and O–H groups in total. The fourth-order valence-electron chi connectivity index (χ4n) is 2.46. The minimum atomic E-state index is -0.272. The van der Waals surface area contributed by atoms with Gasteiger partial charge in [-0.3, -0.25) is 4.79 Å². The van der Waals surface area contributed by atoms with E-state index >= 15 is 0 Å². The molecule has 5 nitrogen and oxygen atoms in total. The summed E-state index contributed by atoms with van der Waals surface area (Å²) in [6.45, 7) is 3.59. The number of rotatable bonds is 5. The molecule has 0 saturated carbocycles. The summed E-state index contributed by atoms with van der Waals surface area (Å²) < 4.78 is 12.3. The number of methoxy groups -OCH3 is 2.